The van der Waals surface area contributed by atoms with Gasteiger partial charge in [0.2, 0.25) is 0 Å². The molecule has 2 fully saturated rings. The first-order valence-electron chi connectivity index (χ1n) is 5.27. The average molecular weight is 181 g/mol. The summed E-state index contributed by atoms with van der Waals surface area (Å²) in [4.78, 5) is 6.78. The van der Waals surface area contributed by atoms with Crippen molar-refractivity contribution in [1.82, 2.24) is 4.90 Å². The van der Waals surface area contributed by atoms with E-state index in [1.54, 1.807) is 0 Å². The maximum atomic E-state index is 5.79. The summed E-state index contributed by atoms with van der Waals surface area (Å²) >= 11 is 0. The summed E-state index contributed by atoms with van der Waals surface area (Å²) in [7, 11) is 2.18. The minimum Gasteiger partial charge on any atom is -0.387 e. The van der Waals surface area contributed by atoms with Crippen molar-refractivity contribution in [3.63, 3.8) is 0 Å². The van der Waals surface area contributed by atoms with Crippen LogP contribution in [0.1, 0.15) is 25.7 Å². The average Bonchev–Trinajstić information content (AvgIpc) is 2.95. The molecule has 2 aliphatic carbocycles. The van der Waals surface area contributed by atoms with Crippen molar-refractivity contribution in [2.75, 3.05) is 20.1 Å². The van der Waals surface area contributed by atoms with Gasteiger partial charge in [0.25, 0.3) is 0 Å². The Morgan fingerprint density at radius 2 is 2.08 bits per heavy atom. The first-order valence-corrected chi connectivity index (χ1v) is 5.27. The summed E-state index contributed by atoms with van der Waals surface area (Å²) in [6.07, 6.45) is 5.26. The maximum absolute atomic E-state index is 5.79. The molecule has 0 aromatic heterocycles. The van der Waals surface area contributed by atoms with E-state index in [4.69, 9.17) is 5.73 Å². The Morgan fingerprint density at radius 1 is 1.38 bits per heavy atom. The third kappa shape index (κ3) is 2.69. The molecule has 2 N–H and O–H groups in total. The lowest BCUT2D eigenvalue weighted by atomic mass is 10.4. The van der Waals surface area contributed by atoms with Crippen LogP contribution in [0.15, 0.2) is 4.99 Å². The largest absolute Gasteiger partial charge is 0.387 e. The molecule has 2 aliphatic rings. The highest BCUT2D eigenvalue weighted by molar-refractivity contribution is 5.84. The van der Waals surface area contributed by atoms with Crippen molar-refractivity contribution in [1.29, 1.82) is 0 Å². The Balaban J connectivity index is 1.63. The Kier molecular flexibility index (Phi) is 2.54. The van der Waals surface area contributed by atoms with E-state index in [-0.39, 0.29) is 0 Å². The lowest BCUT2D eigenvalue weighted by Crippen LogP contribution is -2.25. The molecule has 0 spiro atoms. The maximum Gasteiger partial charge on any atom is 0.0968 e. The highest BCUT2D eigenvalue weighted by atomic mass is 15.2. The number of nitrogens with zero attached hydrogens (tertiary/aromatic N) is 2. The number of amidine groups is 1. The van der Waals surface area contributed by atoms with Crippen LogP contribution in [-0.4, -0.2) is 36.9 Å². The topological polar surface area (TPSA) is 41.6 Å². The number of aliphatic imine (C=N–C) groups is 1. The zero-order valence-corrected chi connectivity index (χ0v) is 8.37. The van der Waals surface area contributed by atoms with Gasteiger partial charge in [-0.3, -0.25) is 4.99 Å². The monoisotopic (exact) mass is 181 g/mol. The molecular weight excluding hydrogens is 162 g/mol. The summed E-state index contributed by atoms with van der Waals surface area (Å²) in [6.45, 7) is 1.95. The molecule has 2 rings (SSSR count). The standard InChI is InChI=1S/C10H19N3/c1-13(9-4-5-9)7-6-12-10(11)8-2-3-8/h8-9H,2-7H2,1H3,(H2,11,12). The van der Waals surface area contributed by atoms with Gasteiger partial charge in [0.05, 0.1) is 12.4 Å². The van der Waals surface area contributed by atoms with Crippen LogP contribution in [0, 0.1) is 5.92 Å². The Hall–Kier alpha value is -0.570. The molecule has 0 radical (unpaired) electrons. The van der Waals surface area contributed by atoms with Crippen molar-refractivity contribution in [2.24, 2.45) is 16.6 Å². The van der Waals surface area contributed by atoms with E-state index < -0.39 is 0 Å². The van der Waals surface area contributed by atoms with Gasteiger partial charge in [0.1, 0.15) is 0 Å². The van der Waals surface area contributed by atoms with Crippen molar-refractivity contribution < 1.29 is 0 Å². The Bertz CT molecular complexity index is 204. The minimum absolute atomic E-state index is 0.631. The normalized spacial score (nSPS) is 24.0. The summed E-state index contributed by atoms with van der Waals surface area (Å²) < 4.78 is 0. The van der Waals surface area contributed by atoms with Crippen LogP contribution in [-0.2, 0) is 0 Å². The molecule has 74 valence electrons. The fourth-order valence-electron chi connectivity index (χ4n) is 1.54. The molecule has 3 nitrogen and oxygen atoms in total. The number of hydrogen-bond donors (Lipinski definition) is 1. The van der Waals surface area contributed by atoms with Gasteiger partial charge in [-0.15, -0.1) is 0 Å². The molecule has 3 heteroatoms. The molecule has 0 unspecified atom stereocenters. The van der Waals surface area contributed by atoms with Gasteiger partial charge in [-0.2, -0.15) is 0 Å². The molecule has 0 amide bonds. The van der Waals surface area contributed by atoms with E-state index in [1.165, 1.54) is 25.7 Å². The Labute approximate surface area is 80.0 Å². The predicted molar refractivity (Wildman–Crippen MR) is 54.9 cm³/mol. The lowest BCUT2D eigenvalue weighted by Gasteiger charge is -2.13. The van der Waals surface area contributed by atoms with E-state index in [9.17, 15) is 0 Å². The highest BCUT2D eigenvalue weighted by Crippen LogP contribution is 2.28. The van der Waals surface area contributed by atoms with Crippen molar-refractivity contribution in [3.8, 4) is 0 Å². The first-order chi connectivity index (χ1) is 6.27. The van der Waals surface area contributed by atoms with E-state index in [0.717, 1.165) is 25.0 Å². The van der Waals surface area contributed by atoms with Crippen LogP contribution in [0.25, 0.3) is 0 Å². The van der Waals surface area contributed by atoms with Gasteiger partial charge >= 0.3 is 0 Å². The van der Waals surface area contributed by atoms with Crippen LogP contribution in [0.2, 0.25) is 0 Å². The van der Waals surface area contributed by atoms with Gasteiger partial charge in [0.15, 0.2) is 0 Å². The van der Waals surface area contributed by atoms with Crippen LogP contribution in [0.4, 0.5) is 0 Å². The first kappa shape index (κ1) is 9.00. The fraction of sp³-hybridized carbons (Fsp3) is 0.900. The molecule has 0 saturated heterocycles. The van der Waals surface area contributed by atoms with Crippen LogP contribution >= 0.6 is 0 Å². The van der Waals surface area contributed by atoms with Crippen LogP contribution < -0.4 is 5.73 Å². The van der Waals surface area contributed by atoms with Crippen molar-refractivity contribution >= 4 is 5.84 Å². The smallest absolute Gasteiger partial charge is 0.0968 e. The zero-order chi connectivity index (χ0) is 9.26. The quantitative estimate of drug-likeness (QED) is 0.504. The van der Waals surface area contributed by atoms with E-state index in [1.807, 2.05) is 0 Å². The lowest BCUT2D eigenvalue weighted by molar-refractivity contribution is 0.334. The predicted octanol–water partition coefficient (Wildman–Crippen LogP) is 0.848. The number of likely N-dealkylation sites (N-methyl/N-ethyl adjacent to an activating group) is 1. The molecule has 0 bridgehead atoms. The van der Waals surface area contributed by atoms with E-state index >= 15 is 0 Å². The number of nitrogens with two attached hydrogens (primary N) is 1. The summed E-state index contributed by atoms with van der Waals surface area (Å²) in [5.41, 5.74) is 5.79. The van der Waals surface area contributed by atoms with Gasteiger partial charge in [-0.1, -0.05) is 0 Å². The van der Waals surface area contributed by atoms with Gasteiger partial charge in [-0.05, 0) is 32.7 Å². The molecule has 13 heavy (non-hydrogen) atoms. The summed E-state index contributed by atoms with van der Waals surface area (Å²) in [5, 5.41) is 0. The molecule has 0 atom stereocenters. The van der Waals surface area contributed by atoms with Crippen LogP contribution in [0.3, 0.4) is 0 Å². The second kappa shape index (κ2) is 3.66. The summed E-state index contributed by atoms with van der Waals surface area (Å²) in [5.74, 6) is 1.52. The van der Waals surface area contributed by atoms with E-state index in [2.05, 4.69) is 16.9 Å². The van der Waals surface area contributed by atoms with E-state index in [0.29, 0.717) is 5.92 Å². The second-order valence-electron chi connectivity index (χ2n) is 4.29. The third-order valence-electron chi connectivity index (χ3n) is 2.91. The number of rotatable bonds is 5. The van der Waals surface area contributed by atoms with Crippen molar-refractivity contribution in [2.45, 2.75) is 31.7 Å². The molecule has 0 aliphatic heterocycles. The third-order valence-corrected chi connectivity index (χ3v) is 2.91. The molecule has 0 aromatic carbocycles. The Morgan fingerprint density at radius 3 is 2.62 bits per heavy atom. The highest BCUT2D eigenvalue weighted by Gasteiger charge is 2.26. The van der Waals surface area contributed by atoms with Crippen LogP contribution in [0.5, 0.6) is 0 Å². The molecular formula is C10H19N3. The zero-order valence-electron chi connectivity index (χ0n) is 8.37. The van der Waals surface area contributed by atoms with Gasteiger partial charge in [-0.25, -0.2) is 0 Å². The SMILES string of the molecule is CN(CCN=C(N)C1CC1)C1CC1. The fourth-order valence-corrected chi connectivity index (χ4v) is 1.54. The molecule has 2 saturated carbocycles. The second-order valence-corrected chi connectivity index (χ2v) is 4.29. The summed E-state index contributed by atoms with van der Waals surface area (Å²) in [6, 6.07) is 0.845. The molecule has 0 aromatic rings. The molecule has 0 heterocycles. The van der Waals surface area contributed by atoms with Crippen molar-refractivity contribution in [3.05, 3.63) is 0 Å². The number of hydrogen-bond acceptors (Lipinski definition) is 2. The minimum atomic E-state index is 0.631. The van der Waals surface area contributed by atoms with Gasteiger partial charge < -0.3 is 10.6 Å². The van der Waals surface area contributed by atoms with Gasteiger partial charge in [0, 0.05) is 18.5 Å².